The minimum absolute atomic E-state index is 0.121. The van der Waals surface area contributed by atoms with Crippen molar-refractivity contribution in [2.45, 2.75) is 31.8 Å². The normalized spacial score (nSPS) is 14.4. The molecule has 0 spiro atoms. The Hall–Kier alpha value is -2.09. The van der Waals surface area contributed by atoms with Gasteiger partial charge in [0.25, 0.3) is 0 Å². The number of hydrogen-bond acceptors (Lipinski definition) is 2. The maximum absolute atomic E-state index is 13.5. The van der Waals surface area contributed by atoms with Crippen molar-refractivity contribution >= 4 is 6.03 Å². The summed E-state index contributed by atoms with van der Waals surface area (Å²) in [6.45, 7) is 0.121. The molecule has 0 bridgehead atoms. The molecule has 2 rings (SSSR count). The lowest BCUT2D eigenvalue weighted by atomic mass is 9.93. The van der Waals surface area contributed by atoms with Crippen LogP contribution in [0.3, 0.4) is 0 Å². The van der Waals surface area contributed by atoms with Gasteiger partial charge in [-0.25, -0.2) is 9.18 Å². The number of hydrogen-bond donors (Lipinski definition) is 2. The van der Waals surface area contributed by atoms with Crippen molar-refractivity contribution in [1.29, 1.82) is 5.26 Å². The first kappa shape index (κ1) is 12.4. The molecular formula is C13H14FN3O. The molecule has 1 aromatic carbocycles. The topological polar surface area (TPSA) is 64.9 Å². The Morgan fingerprint density at radius 2 is 2.28 bits per heavy atom. The van der Waals surface area contributed by atoms with E-state index in [-0.39, 0.29) is 24.2 Å². The lowest BCUT2D eigenvalue weighted by Crippen LogP contribution is -2.44. The molecule has 2 amide bonds. The first-order chi connectivity index (χ1) is 8.69. The molecule has 1 saturated carbocycles. The molecule has 5 heteroatoms. The molecule has 4 nitrogen and oxygen atoms in total. The van der Waals surface area contributed by atoms with E-state index in [2.05, 4.69) is 10.6 Å². The van der Waals surface area contributed by atoms with Crippen LogP contribution in [0.15, 0.2) is 18.2 Å². The van der Waals surface area contributed by atoms with Gasteiger partial charge in [0.15, 0.2) is 0 Å². The molecule has 1 aliphatic rings. The quantitative estimate of drug-likeness (QED) is 0.858. The summed E-state index contributed by atoms with van der Waals surface area (Å²) in [5, 5.41) is 14.0. The van der Waals surface area contributed by atoms with Crippen molar-refractivity contribution in [2.75, 3.05) is 0 Å². The summed E-state index contributed by atoms with van der Waals surface area (Å²) in [4.78, 5) is 11.5. The number of carbonyl (C=O) groups excluding carboxylic acids is 1. The standard InChI is InChI=1S/C13H14FN3O/c14-12-6-9(7-15)4-5-10(12)8-16-13(18)17-11-2-1-3-11/h4-6,11H,1-3,8H2,(H2,16,17,18). The van der Waals surface area contributed by atoms with Gasteiger partial charge in [0.05, 0.1) is 11.6 Å². The molecule has 1 aromatic rings. The highest BCUT2D eigenvalue weighted by Crippen LogP contribution is 2.17. The molecule has 0 radical (unpaired) electrons. The summed E-state index contributed by atoms with van der Waals surface area (Å²) in [7, 11) is 0. The maximum Gasteiger partial charge on any atom is 0.315 e. The third-order valence-electron chi connectivity index (χ3n) is 3.06. The highest BCUT2D eigenvalue weighted by molar-refractivity contribution is 5.74. The van der Waals surface area contributed by atoms with Crippen LogP contribution < -0.4 is 10.6 Å². The Labute approximate surface area is 105 Å². The van der Waals surface area contributed by atoms with Crippen molar-refractivity contribution < 1.29 is 9.18 Å². The predicted octanol–water partition coefficient (Wildman–Crippen LogP) is 2.05. The zero-order chi connectivity index (χ0) is 13.0. The largest absolute Gasteiger partial charge is 0.335 e. The number of carbonyl (C=O) groups is 1. The molecule has 0 atom stereocenters. The first-order valence-corrected chi connectivity index (χ1v) is 5.92. The lowest BCUT2D eigenvalue weighted by molar-refractivity contribution is 0.228. The van der Waals surface area contributed by atoms with E-state index in [1.807, 2.05) is 6.07 Å². The van der Waals surface area contributed by atoms with E-state index in [0.29, 0.717) is 5.56 Å². The number of nitrogens with zero attached hydrogens (tertiary/aromatic N) is 1. The summed E-state index contributed by atoms with van der Waals surface area (Å²) in [6.07, 6.45) is 3.17. The highest BCUT2D eigenvalue weighted by atomic mass is 19.1. The van der Waals surface area contributed by atoms with E-state index in [4.69, 9.17) is 5.26 Å². The Morgan fingerprint density at radius 1 is 1.50 bits per heavy atom. The average molecular weight is 247 g/mol. The van der Waals surface area contributed by atoms with Gasteiger partial charge in [-0.15, -0.1) is 0 Å². The van der Waals surface area contributed by atoms with Gasteiger partial charge in [-0.3, -0.25) is 0 Å². The van der Waals surface area contributed by atoms with E-state index < -0.39 is 5.82 Å². The molecule has 1 aliphatic carbocycles. The van der Waals surface area contributed by atoms with Gasteiger partial charge in [0.1, 0.15) is 5.82 Å². The van der Waals surface area contributed by atoms with Gasteiger partial charge in [-0.05, 0) is 31.4 Å². The zero-order valence-electron chi connectivity index (χ0n) is 9.87. The molecule has 0 aromatic heterocycles. The molecule has 0 aliphatic heterocycles. The molecule has 0 saturated heterocycles. The second kappa shape index (κ2) is 5.50. The first-order valence-electron chi connectivity index (χ1n) is 5.92. The van der Waals surface area contributed by atoms with Gasteiger partial charge in [-0.1, -0.05) is 6.07 Å². The molecule has 94 valence electrons. The van der Waals surface area contributed by atoms with Crippen LogP contribution in [0, 0.1) is 17.1 Å². The Kier molecular flexibility index (Phi) is 3.78. The number of nitriles is 1. The summed E-state index contributed by atoms with van der Waals surface area (Å²) < 4.78 is 13.5. The van der Waals surface area contributed by atoms with Crippen LogP contribution in [0.1, 0.15) is 30.4 Å². The summed E-state index contributed by atoms with van der Waals surface area (Å²) in [5.41, 5.74) is 0.646. The molecule has 0 heterocycles. The van der Waals surface area contributed by atoms with Gasteiger partial charge in [-0.2, -0.15) is 5.26 Å². The molecule has 0 unspecified atom stereocenters. The molecule has 18 heavy (non-hydrogen) atoms. The number of rotatable bonds is 3. The summed E-state index contributed by atoms with van der Waals surface area (Å²) in [6, 6.07) is 6.06. The highest BCUT2D eigenvalue weighted by Gasteiger charge is 2.19. The summed E-state index contributed by atoms with van der Waals surface area (Å²) >= 11 is 0. The number of nitrogens with one attached hydrogen (secondary N) is 2. The zero-order valence-corrected chi connectivity index (χ0v) is 9.87. The molecule has 1 fully saturated rings. The number of amides is 2. The Morgan fingerprint density at radius 3 is 2.83 bits per heavy atom. The fourth-order valence-electron chi connectivity index (χ4n) is 1.72. The van der Waals surface area contributed by atoms with E-state index in [1.165, 1.54) is 18.2 Å². The van der Waals surface area contributed by atoms with Crippen LogP contribution in [-0.4, -0.2) is 12.1 Å². The van der Waals surface area contributed by atoms with Gasteiger partial charge >= 0.3 is 6.03 Å². The monoisotopic (exact) mass is 247 g/mol. The molecule has 2 N–H and O–H groups in total. The minimum Gasteiger partial charge on any atom is -0.335 e. The van der Waals surface area contributed by atoms with Crippen LogP contribution in [-0.2, 0) is 6.54 Å². The van der Waals surface area contributed by atoms with E-state index >= 15 is 0 Å². The van der Waals surface area contributed by atoms with Gasteiger partial charge < -0.3 is 10.6 Å². The van der Waals surface area contributed by atoms with Gasteiger partial charge in [0, 0.05) is 18.2 Å². The fourth-order valence-corrected chi connectivity index (χ4v) is 1.72. The van der Waals surface area contributed by atoms with Crippen LogP contribution in [0.4, 0.5) is 9.18 Å². The second-order valence-corrected chi connectivity index (χ2v) is 4.37. The van der Waals surface area contributed by atoms with E-state index in [1.54, 1.807) is 0 Å². The van der Waals surface area contributed by atoms with Crippen molar-refractivity contribution in [3.8, 4) is 6.07 Å². The SMILES string of the molecule is N#Cc1ccc(CNC(=O)NC2CCC2)c(F)c1. The number of halogens is 1. The Balaban J connectivity index is 1.85. The third kappa shape index (κ3) is 2.98. The predicted molar refractivity (Wildman–Crippen MR) is 64.1 cm³/mol. The fraction of sp³-hybridized carbons (Fsp3) is 0.385. The van der Waals surface area contributed by atoms with Crippen LogP contribution in [0.2, 0.25) is 0 Å². The van der Waals surface area contributed by atoms with Crippen molar-refractivity contribution in [3.05, 3.63) is 35.1 Å². The second-order valence-electron chi connectivity index (χ2n) is 4.37. The smallest absolute Gasteiger partial charge is 0.315 e. The maximum atomic E-state index is 13.5. The third-order valence-corrected chi connectivity index (χ3v) is 3.06. The van der Waals surface area contributed by atoms with Crippen LogP contribution in [0.25, 0.3) is 0 Å². The van der Waals surface area contributed by atoms with Crippen molar-refractivity contribution in [1.82, 2.24) is 10.6 Å². The Bertz CT molecular complexity index is 491. The van der Waals surface area contributed by atoms with Crippen LogP contribution >= 0.6 is 0 Å². The van der Waals surface area contributed by atoms with Gasteiger partial charge in [0.2, 0.25) is 0 Å². The summed E-state index contributed by atoms with van der Waals surface area (Å²) in [5.74, 6) is -0.474. The number of urea groups is 1. The van der Waals surface area contributed by atoms with Crippen LogP contribution in [0.5, 0.6) is 0 Å². The number of benzene rings is 1. The molecular weight excluding hydrogens is 233 g/mol. The van der Waals surface area contributed by atoms with E-state index in [9.17, 15) is 9.18 Å². The van der Waals surface area contributed by atoms with Crippen molar-refractivity contribution in [3.63, 3.8) is 0 Å². The lowest BCUT2D eigenvalue weighted by Gasteiger charge is -2.26. The minimum atomic E-state index is -0.474. The average Bonchev–Trinajstić information content (AvgIpc) is 2.32. The van der Waals surface area contributed by atoms with E-state index in [0.717, 1.165) is 19.3 Å². The van der Waals surface area contributed by atoms with Crippen molar-refractivity contribution in [2.24, 2.45) is 0 Å².